The molecule has 17 heavy (non-hydrogen) atoms. The predicted octanol–water partition coefficient (Wildman–Crippen LogP) is 0.451. The van der Waals surface area contributed by atoms with Gasteiger partial charge in [0, 0.05) is 44.1 Å². The van der Waals surface area contributed by atoms with Crippen molar-refractivity contribution in [2.45, 2.75) is 32.9 Å². The largest absolute Gasteiger partial charge is 0.344 e. The number of aryl methyl sites for hydroxylation is 1. The molecule has 1 aliphatic rings. The van der Waals surface area contributed by atoms with E-state index in [4.69, 9.17) is 0 Å². The Bertz CT molecular complexity index is 452. The third-order valence-corrected chi connectivity index (χ3v) is 3.29. The quantitative estimate of drug-likeness (QED) is 0.810. The van der Waals surface area contributed by atoms with Crippen LogP contribution in [0.1, 0.15) is 20.8 Å². The smallest absolute Gasteiger partial charge is 0.293 e. The van der Waals surface area contributed by atoms with Crippen LogP contribution in [0, 0.1) is 0 Å². The molecule has 1 aliphatic heterocycles. The van der Waals surface area contributed by atoms with Crippen molar-refractivity contribution in [2.24, 2.45) is 0 Å². The highest BCUT2D eigenvalue weighted by Crippen LogP contribution is 2.20. The van der Waals surface area contributed by atoms with Gasteiger partial charge in [0.25, 0.3) is 5.56 Å². The number of piperazine rings is 1. The number of anilines is 1. The molecule has 1 saturated heterocycles. The normalized spacial score (nSPS) is 19.4. The van der Waals surface area contributed by atoms with Crippen LogP contribution in [-0.4, -0.2) is 34.7 Å². The number of nitrogens with one attached hydrogen (secondary N) is 1. The molecule has 0 bridgehead atoms. The van der Waals surface area contributed by atoms with Crippen molar-refractivity contribution in [1.82, 2.24) is 14.9 Å². The summed E-state index contributed by atoms with van der Waals surface area (Å²) >= 11 is 0. The molecule has 2 rings (SSSR count). The van der Waals surface area contributed by atoms with Crippen LogP contribution in [0.4, 0.5) is 5.82 Å². The minimum absolute atomic E-state index is 0.00461. The fourth-order valence-corrected chi connectivity index (χ4v) is 2.25. The van der Waals surface area contributed by atoms with Gasteiger partial charge in [0.05, 0.1) is 0 Å². The van der Waals surface area contributed by atoms with Crippen molar-refractivity contribution in [3.8, 4) is 0 Å². The van der Waals surface area contributed by atoms with Gasteiger partial charge in [0.2, 0.25) is 0 Å². The Morgan fingerprint density at radius 2 is 2.29 bits per heavy atom. The van der Waals surface area contributed by atoms with E-state index in [1.165, 1.54) is 0 Å². The standard InChI is InChI=1S/C12H20N4O/c1-4-15-7-6-14-10(11(15)17)16-8-5-13-9-12(16,2)3/h6-7,13H,4-5,8-9H2,1-3H3. The van der Waals surface area contributed by atoms with Gasteiger partial charge in [-0.05, 0) is 20.8 Å². The van der Waals surface area contributed by atoms with Crippen LogP contribution in [-0.2, 0) is 6.54 Å². The molecule has 0 atom stereocenters. The Morgan fingerprint density at radius 1 is 1.53 bits per heavy atom. The topological polar surface area (TPSA) is 50.2 Å². The first-order valence-corrected chi connectivity index (χ1v) is 6.10. The van der Waals surface area contributed by atoms with Crippen LogP contribution in [0.25, 0.3) is 0 Å². The Labute approximate surface area is 101 Å². The number of hydrogen-bond acceptors (Lipinski definition) is 4. The summed E-state index contributed by atoms with van der Waals surface area (Å²) in [6.45, 7) is 9.49. The third-order valence-electron chi connectivity index (χ3n) is 3.29. The van der Waals surface area contributed by atoms with Crippen LogP contribution >= 0.6 is 0 Å². The first-order valence-electron chi connectivity index (χ1n) is 6.10. The van der Waals surface area contributed by atoms with Gasteiger partial charge in [-0.3, -0.25) is 4.79 Å². The molecule has 1 aromatic heterocycles. The van der Waals surface area contributed by atoms with Crippen LogP contribution < -0.4 is 15.8 Å². The van der Waals surface area contributed by atoms with E-state index < -0.39 is 0 Å². The maximum atomic E-state index is 12.2. The van der Waals surface area contributed by atoms with E-state index in [1.807, 2.05) is 6.92 Å². The van der Waals surface area contributed by atoms with E-state index in [9.17, 15) is 4.79 Å². The summed E-state index contributed by atoms with van der Waals surface area (Å²) in [6, 6.07) is 0. The number of nitrogens with zero attached hydrogens (tertiary/aromatic N) is 3. The highest BCUT2D eigenvalue weighted by molar-refractivity contribution is 5.40. The zero-order chi connectivity index (χ0) is 12.5. The summed E-state index contributed by atoms with van der Waals surface area (Å²) in [5.74, 6) is 0.570. The summed E-state index contributed by atoms with van der Waals surface area (Å²) in [5.41, 5.74) is -0.0675. The Kier molecular flexibility index (Phi) is 3.19. The highest BCUT2D eigenvalue weighted by Gasteiger charge is 2.32. The lowest BCUT2D eigenvalue weighted by Gasteiger charge is -2.43. The molecule has 1 N–H and O–H groups in total. The molecule has 1 fully saturated rings. The minimum Gasteiger partial charge on any atom is -0.344 e. The summed E-state index contributed by atoms with van der Waals surface area (Å²) in [6.07, 6.45) is 3.44. The zero-order valence-electron chi connectivity index (χ0n) is 10.7. The third kappa shape index (κ3) is 2.20. The molecule has 5 heteroatoms. The molecule has 0 saturated carbocycles. The zero-order valence-corrected chi connectivity index (χ0v) is 10.7. The van der Waals surface area contributed by atoms with Crippen molar-refractivity contribution in [3.63, 3.8) is 0 Å². The molecular formula is C12H20N4O. The predicted molar refractivity (Wildman–Crippen MR) is 68.5 cm³/mol. The van der Waals surface area contributed by atoms with Crippen molar-refractivity contribution >= 4 is 5.82 Å². The molecule has 1 aromatic rings. The lowest BCUT2D eigenvalue weighted by molar-refractivity contribution is 0.375. The van der Waals surface area contributed by atoms with Crippen LogP contribution in [0.15, 0.2) is 17.2 Å². The maximum Gasteiger partial charge on any atom is 0.293 e. The fraction of sp³-hybridized carbons (Fsp3) is 0.667. The lowest BCUT2D eigenvalue weighted by atomic mass is 10.0. The van der Waals surface area contributed by atoms with E-state index in [0.717, 1.165) is 19.6 Å². The molecule has 0 radical (unpaired) electrons. The highest BCUT2D eigenvalue weighted by atomic mass is 16.1. The van der Waals surface area contributed by atoms with Gasteiger partial charge in [-0.15, -0.1) is 0 Å². The number of rotatable bonds is 2. The fourth-order valence-electron chi connectivity index (χ4n) is 2.25. The second kappa shape index (κ2) is 4.49. The molecule has 0 aromatic carbocycles. The van der Waals surface area contributed by atoms with Gasteiger partial charge in [-0.25, -0.2) is 4.98 Å². The Morgan fingerprint density at radius 3 is 2.94 bits per heavy atom. The molecule has 94 valence electrons. The van der Waals surface area contributed by atoms with Crippen molar-refractivity contribution in [3.05, 3.63) is 22.7 Å². The second-order valence-electron chi connectivity index (χ2n) is 4.98. The van der Waals surface area contributed by atoms with Crippen LogP contribution in [0.2, 0.25) is 0 Å². The van der Waals surface area contributed by atoms with Crippen molar-refractivity contribution in [2.75, 3.05) is 24.5 Å². The first-order chi connectivity index (χ1) is 8.06. The molecule has 0 amide bonds. The monoisotopic (exact) mass is 236 g/mol. The Balaban J connectivity index is 2.42. The first kappa shape index (κ1) is 12.1. The lowest BCUT2D eigenvalue weighted by Crippen LogP contribution is -2.59. The molecule has 0 unspecified atom stereocenters. The summed E-state index contributed by atoms with van der Waals surface area (Å²) in [5, 5.41) is 3.34. The van der Waals surface area contributed by atoms with Gasteiger partial charge in [0.15, 0.2) is 5.82 Å². The maximum absolute atomic E-state index is 12.2. The van der Waals surface area contributed by atoms with E-state index in [2.05, 4.69) is 29.0 Å². The van der Waals surface area contributed by atoms with Crippen LogP contribution in [0.3, 0.4) is 0 Å². The molecule has 0 spiro atoms. The van der Waals surface area contributed by atoms with E-state index in [0.29, 0.717) is 12.4 Å². The summed E-state index contributed by atoms with van der Waals surface area (Å²) in [7, 11) is 0. The molecular weight excluding hydrogens is 216 g/mol. The van der Waals surface area contributed by atoms with E-state index in [-0.39, 0.29) is 11.1 Å². The van der Waals surface area contributed by atoms with E-state index >= 15 is 0 Å². The van der Waals surface area contributed by atoms with Gasteiger partial charge in [-0.1, -0.05) is 0 Å². The average Bonchev–Trinajstić information content (AvgIpc) is 2.30. The number of hydrogen-bond donors (Lipinski definition) is 1. The molecule has 0 aliphatic carbocycles. The summed E-state index contributed by atoms with van der Waals surface area (Å²) in [4.78, 5) is 18.6. The van der Waals surface area contributed by atoms with Gasteiger partial charge >= 0.3 is 0 Å². The summed E-state index contributed by atoms with van der Waals surface area (Å²) < 4.78 is 1.69. The van der Waals surface area contributed by atoms with Crippen molar-refractivity contribution < 1.29 is 0 Å². The SMILES string of the molecule is CCn1ccnc(N2CCNCC2(C)C)c1=O. The average molecular weight is 236 g/mol. The van der Waals surface area contributed by atoms with Gasteiger partial charge in [-0.2, -0.15) is 0 Å². The Hall–Kier alpha value is -1.36. The second-order valence-corrected chi connectivity index (χ2v) is 4.98. The van der Waals surface area contributed by atoms with Crippen molar-refractivity contribution in [1.29, 1.82) is 0 Å². The molecule has 5 nitrogen and oxygen atoms in total. The molecule has 2 heterocycles. The minimum atomic E-state index is -0.0721. The van der Waals surface area contributed by atoms with Gasteiger partial charge in [0.1, 0.15) is 0 Å². The van der Waals surface area contributed by atoms with E-state index in [1.54, 1.807) is 17.0 Å². The van der Waals surface area contributed by atoms with Gasteiger partial charge < -0.3 is 14.8 Å². The number of aromatic nitrogens is 2. The van der Waals surface area contributed by atoms with Crippen LogP contribution in [0.5, 0.6) is 0 Å².